The summed E-state index contributed by atoms with van der Waals surface area (Å²) < 4.78 is 49.1. The highest BCUT2D eigenvalue weighted by atomic mass is 35.5. The molecular weight excluding hydrogens is 690 g/mol. The van der Waals surface area contributed by atoms with E-state index in [1.807, 2.05) is 25.1 Å². The molecule has 12 heteroatoms. The summed E-state index contributed by atoms with van der Waals surface area (Å²) >= 11 is 6.48. The van der Waals surface area contributed by atoms with Gasteiger partial charge in [0, 0.05) is 48.1 Å². The molecule has 1 amide bonds. The van der Waals surface area contributed by atoms with Crippen LogP contribution in [0, 0.1) is 23.7 Å². The highest BCUT2D eigenvalue weighted by Gasteiger charge is 2.47. The molecule has 2 aromatic rings. The Balaban J connectivity index is 1.13. The molecule has 10 nitrogen and oxygen atoms in total. The fourth-order valence-electron chi connectivity index (χ4n) is 9.72. The van der Waals surface area contributed by atoms with Crippen LogP contribution in [0.3, 0.4) is 0 Å². The van der Waals surface area contributed by atoms with E-state index in [1.165, 1.54) is 11.1 Å². The highest BCUT2D eigenvalue weighted by Crippen LogP contribution is 2.49. The molecule has 1 saturated carbocycles. The average Bonchev–Trinajstić information content (AvgIpc) is 3.24. The van der Waals surface area contributed by atoms with Crippen molar-refractivity contribution in [1.29, 1.82) is 0 Å². The van der Waals surface area contributed by atoms with Gasteiger partial charge in [-0.25, -0.2) is 13.1 Å². The minimum absolute atomic E-state index is 0.142. The summed E-state index contributed by atoms with van der Waals surface area (Å²) in [7, 11) is -3.92. The molecule has 2 aromatic carbocycles. The number of fused-ring (bicyclic) bond motifs is 4. The van der Waals surface area contributed by atoms with Crippen molar-refractivity contribution in [1.82, 2.24) is 9.62 Å². The lowest BCUT2D eigenvalue weighted by Gasteiger charge is -2.50. The van der Waals surface area contributed by atoms with Gasteiger partial charge in [0.15, 0.2) is 6.29 Å². The van der Waals surface area contributed by atoms with Crippen molar-refractivity contribution in [3.8, 4) is 5.75 Å². The minimum atomic E-state index is -3.92. The predicted molar refractivity (Wildman–Crippen MR) is 196 cm³/mol. The molecule has 6 atom stereocenters. The number of carbonyl (C=O) groups excluding carboxylic acids is 1. The molecule has 3 fully saturated rings. The molecule has 6 aliphatic rings. The quantitative estimate of drug-likeness (QED) is 0.432. The summed E-state index contributed by atoms with van der Waals surface area (Å²) in [6.07, 6.45) is 7.04. The van der Waals surface area contributed by atoms with E-state index in [-0.39, 0.29) is 35.7 Å². The second kappa shape index (κ2) is 14.1. The highest BCUT2D eigenvalue weighted by molar-refractivity contribution is 7.90. The van der Waals surface area contributed by atoms with Crippen molar-refractivity contribution in [3.63, 3.8) is 0 Å². The molecule has 8 rings (SSSR count). The van der Waals surface area contributed by atoms with Crippen molar-refractivity contribution in [2.24, 2.45) is 23.7 Å². The van der Waals surface area contributed by atoms with E-state index >= 15 is 0 Å². The van der Waals surface area contributed by atoms with E-state index in [2.05, 4.69) is 26.7 Å². The number of benzene rings is 2. The number of rotatable bonds is 2. The van der Waals surface area contributed by atoms with E-state index in [9.17, 15) is 18.3 Å². The first-order chi connectivity index (χ1) is 24.5. The number of aliphatic hydroxyl groups excluding tert-OH is 1. The van der Waals surface area contributed by atoms with E-state index in [4.69, 9.17) is 25.8 Å². The number of nitrogens with zero attached hydrogens (tertiary/aromatic N) is 2. The monoisotopic (exact) mass is 741 g/mol. The van der Waals surface area contributed by atoms with Crippen molar-refractivity contribution in [2.45, 2.75) is 94.3 Å². The van der Waals surface area contributed by atoms with E-state index in [0.717, 1.165) is 75.2 Å². The number of anilines is 1. The molecule has 51 heavy (non-hydrogen) atoms. The van der Waals surface area contributed by atoms with Crippen LogP contribution in [0.4, 0.5) is 5.69 Å². The maximum absolute atomic E-state index is 13.6. The second-order valence-electron chi connectivity index (χ2n) is 16.3. The van der Waals surface area contributed by atoms with Crippen LogP contribution in [-0.4, -0.2) is 94.0 Å². The number of halogens is 1. The third kappa shape index (κ3) is 6.92. The van der Waals surface area contributed by atoms with Gasteiger partial charge in [-0.1, -0.05) is 31.0 Å². The summed E-state index contributed by atoms with van der Waals surface area (Å²) in [6.45, 7) is 8.18. The molecule has 2 N–H and O–H groups in total. The summed E-state index contributed by atoms with van der Waals surface area (Å²) in [4.78, 5) is 18.2. The first-order valence-electron chi connectivity index (χ1n) is 19.0. The average molecular weight is 742 g/mol. The molecule has 4 aliphatic heterocycles. The van der Waals surface area contributed by atoms with Gasteiger partial charge < -0.3 is 24.2 Å². The number of likely N-dealkylation sites (tertiary alicyclic amines) is 1. The second-order valence-corrected chi connectivity index (χ2v) is 18.8. The van der Waals surface area contributed by atoms with Crippen LogP contribution in [0.15, 0.2) is 36.4 Å². The Bertz CT molecular complexity index is 1730. The van der Waals surface area contributed by atoms with Crippen LogP contribution in [0.5, 0.6) is 5.75 Å². The van der Waals surface area contributed by atoms with Gasteiger partial charge in [0.1, 0.15) is 5.75 Å². The first-order valence-corrected chi connectivity index (χ1v) is 20.9. The van der Waals surface area contributed by atoms with Crippen LogP contribution in [0.2, 0.25) is 5.02 Å². The number of carbonyl (C=O) groups is 1. The molecule has 1 spiro atoms. The minimum Gasteiger partial charge on any atom is -0.490 e. The Hall–Kier alpha value is -2.41. The fourth-order valence-corrected chi connectivity index (χ4v) is 11.2. The lowest BCUT2D eigenvalue weighted by molar-refractivity contribution is -0.250. The largest absolute Gasteiger partial charge is 0.490 e. The summed E-state index contributed by atoms with van der Waals surface area (Å²) in [5, 5.41) is 9.86. The number of amides is 1. The number of aliphatic hydroxyl groups is 1. The molecule has 2 saturated heterocycles. The molecular formula is C39H52ClN3O7S. The third-order valence-corrected chi connectivity index (χ3v) is 15.3. The molecule has 0 unspecified atom stereocenters. The zero-order valence-electron chi connectivity index (χ0n) is 29.8. The maximum atomic E-state index is 13.6. The molecule has 0 radical (unpaired) electrons. The Morgan fingerprint density at radius 2 is 1.76 bits per heavy atom. The van der Waals surface area contributed by atoms with Gasteiger partial charge in [-0.15, -0.1) is 0 Å². The SMILES string of the molecule is C[C@@H]1[C@@H](C)CCC[C@@H](C2OCC(N3CC(O)C3)CO2)[C@@H]2CC[C@H]2CN2C[C@@]3(CCCc4cc(Cl)ccc43)COc3ccc(cc32)C(=O)NS1(=O)=O. The van der Waals surface area contributed by atoms with Crippen molar-refractivity contribution >= 4 is 33.2 Å². The standard InChI is InChI=1S/C39H52ClN3O7S/c1-24-5-3-7-33(38-48-20-30(21-49-38)42-18-31(44)19-42)32-11-8-28(32)17-43-22-39(14-4-6-26-15-29(40)10-12-34(26)39)23-50-36-13-9-27(16-35(36)43)37(45)41-51(46,47)25(24)2/h9-10,12-13,15-16,24-25,28,30-33,38,44H,3-8,11,14,17-23H2,1-2H3,(H,41,45)/t24-,25+,28-,30?,32+,33+,38?,39-/m0/s1. The molecule has 278 valence electrons. The van der Waals surface area contributed by atoms with E-state index in [0.29, 0.717) is 56.1 Å². The van der Waals surface area contributed by atoms with E-state index in [1.54, 1.807) is 13.0 Å². The summed E-state index contributed by atoms with van der Waals surface area (Å²) in [6, 6.07) is 11.8. The Labute approximate surface area is 307 Å². The van der Waals surface area contributed by atoms with E-state index < -0.39 is 21.2 Å². The Kier molecular flexibility index (Phi) is 9.85. The molecule has 4 heterocycles. The van der Waals surface area contributed by atoms with Crippen LogP contribution < -0.4 is 14.4 Å². The Morgan fingerprint density at radius 1 is 0.961 bits per heavy atom. The van der Waals surface area contributed by atoms with Gasteiger partial charge in [0.2, 0.25) is 10.0 Å². The van der Waals surface area contributed by atoms with Crippen LogP contribution in [0.1, 0.15) is 80.3 Å². The number of hydrogen-bond acceptors (Lipinski definition) is 9. The summed E-state index contributed by atoms with van der Waals surface area (Å²) in [5.41, 5.74) is 3.43. The smallest absolute Gasteiger partial charge is 0.264 e. The zero-order chi connectivity index (χ0) is 35.5. The molecule has 0 aromatic heterocycles. The number of β-amino-alcohol motifs (C(OH)–C–C–N with tert-alkyl or cyclic N) is 1. The first kappa shape index (κ1) is 35.6. The van der Waals surface area contributed by atoms with Gasteiger partial charge in [-0.2, -0.15) is 0 Å². The molecule has 2 bridgehead atoms. The summed E-state index contributed by atoms with van der Waals surface area (Å²) in [5.74, 6) is 0.914. The maximum Gasteiger partial charge on any atom is 0.264 e. The lowest BCUT2D eigenvalue weighted by Crippen LogP contribution is -2.60. The zero-order valence-corrected chi connectivity index (χ0v) is 31.3. The lowest BCUT2D eigenvalue weighted by atomic mass is 9.64. The normalized spacial score (nSPS) is 36.0. The van der Waals surface area contributed by atoms with Gasteiger partial charge in [0.05, 0.1) is 42.9 Å². The number of hydrogen-bond donors (Lipinski definition) is 2. The number of aryl methyl sites for hydroxylation is 1. The van der Waals surface area contributed by atoms with Gasteiger partial charge >= 0.3 is 0 Å². The van der Waals surface area contributed by atoms with Crippen molar-refractivity contribution in [2.75, 3.05) is 50.9 Å². The topological polar surface area (TPSA) is 118 Å². The van der Waals surface area contributed by atoms with Crippen LogP contribution >= 0.6 is 11.6 Å². The van der Waals surface area contributed by atoms with Gasteiger partial charge in [-0.3, -0.25) is 9.69 Å². The number of sulfonamides is 1. The van der Waals surface area contributed by atoms with Crippen molar-refractivity contribution in [3.05, 3.63) is 58.1 Å². The van der Waals surface area contributed by atoms with Crippen LogP contribution in [0.25, 0.3) is 0 Å². The number of nitrogens with one attached hydrogen (secondary N) is 1. The predicted octanol–water partition coefficient (Wildman–Crippen LogP) is 5.14. The van der Waals surface area contributed by atoms with Gasteiger partial charge in [0.25, 0.3) is 5.91 Å². The molecule has 2 aliphatic carbocycles. The third-order valence-electron chi connectivity index (χ3n) is 13.2. The van der Waals surface area contributed by atoms with Gasteiger partial charge in [-0.05, 0) is 111 Å². The van der Waals surface area contributed by atoms with Crippen LogP contribution in [-0.2, 0) is 31.3 Å². The fraction of sp³-hybridized carbons (Fsp3) is 0.667. The van der Waals surface area contributed by atoms with Crippen molar-refractivity contribution < 1.29 is 32.5 Å². The number of ether oxygens (including phenoxy) is 3. The Morgan fingerprint density at radius 3 is 2.51 bits per heavy atom.